The van der Waals surface area contributed by atoms with Gasteiger partial charge in [-0.1, -0.05) is 92.1 Å². The molecule has 0 fully saturated rings. The van der Waals surface area contributed by atoms with Crippen LogP contribution in [0.5, 0.6) is 0 Å². The number of benzene rings is 3. The second-order valence-corrected chi connectivity index (χ2v) is 11.9. The molecule has 178 valence electrons. The first-order chi connectivity index (χ1) is 15.9. The monoisotopic (exact) mass is 452 g/mol. The normalized spacial score (nSPS) is 12.6. The van der Waals surface area contributed by atoms with Gasteiger partial charge in [0.2, 0.25) is 0 Å². The summed E-state index contributed by atoms with van der Waals surface area (Å²) in [7, 11) is 0. The Morgan fingerprint density at radius 3 is 2.03 bits per heavy atom. The van der Waals surface area contributed by atoms with Crippen LogP contribution in [0.4, 0.5) is 0 Å². The molecule has 1 heterocycles. The van der Waals surface area contributed by atoms with E-state index < -0.39 is 0 Å². The zero-order chi connectivity index (χ0) is 24.9. The summed E-state index contributed by atoms with van der Waals surface area (Å²) in [6, 6.07) is 16.2. The van der Waals surface area contributed by atoms with E-state index >= 15 is 0 Å². The van der Waals surface area contributed by atoms with Crippen molar-refractivity contribution in [1.29, 1.82) is 0 Å². The van der Waals surface area contributed by atoms with Crippen LogP contribution in [0.2, 0.25) is 0 Å². The molecule has 0 unspecified atom stereocenters. The van der Waals surface area contributed by atoms with E-state index in [4.69, 9.17) is 9.97 Å². The van der Waals surface area contributed by atoms with Crippen LogP contribution in [0.15, 0.2) is 42.5 Å². The molecule has 3 aromatic carbocycles. The number of aryl methyl sites for hydroxylation is 1. The minimum absolute atomic E-state index is 0.0786. The van der Waals surface area contributed by atoms with Gasteiger partial charge in [0.15, 0.2) is 0 Å². The number of nitrogens with zero attached hydrogens (tertiary/aromatic N) is 2. The second kappa shape index (κ2) is 8.80. The Kier molecular flexibility index (Phi) is 6.31. The third-order valence-corrected chi connectivity index (χ3v) is 6.87. The molecule has 0 atom stereocenters. The number of fused-ring (bicyclic) bond motifs is 3. The summed E-state index contributed by atoms with van der Waals surface area (Å²) in [4.78, 5) is 10.3. The number of hydrogen-bond donors (Lipinski definition) is 0. The average molecular weight is 453 g/mol. The zero-order valence-corrected chi connectivity index (χ0v) is 22.7. The summed E-state index contributed by atoms with van der Waals surface area (Å²) < 4.78 is 0. The van der Waals surface area contributed by atoms with Gasteiger partial charge in [-0.2, -0.15) is 0 Å². The van der Waals surface area contributed by atoms with Crippen LogP contribution in [0, 0.1) is 6.92 Å². The summed E-state index contributed by atoms with van der Waals surface area (Å²) in [6.45, 7) is 22.5. The van der Waals surface area contributed by atoms with E-state index in [1.54, 1.807) is 0 Å². The van der Waals surface area contributed by atoms with E-state index in [0.29, 0.717) is 11.8 Å². The Labute approximate surface area is 205 Å². The average Bonchev–Trinajstić information content (AvgIpc) is 2.75. The van der Waals surface area contributed by atoms with Gasteiger partial charge in [0, 0.05) is 22.3 Å². The van der Waals surface area contributed by atoms with Gasteiger partial charge in [0.05, 0.1) is 11.2 Å². The highest BCUT2D eigenvalue weighted by Crippen LogP contribution is 2.38. The van der Waals surface area contributed by atoms with Gasteiger partial charge in [-0.05, 0) is 64.5 Å². The summed E-state index contributed by atoms with van der Waals surface area (Å²) in [5, 5.41) is 3.70. The number of aromatic nitrogens is 2. The van der Waals surface area contributed by atoms with Crippen LogP contribution in [0.3, 0.4) is 0 Å². The largest absolute Gasteiger partial charge is 0.232 e. The van der Waals surface area contributed by atoms with Crippen molar-refractivity contribution >= 4 is 21.7 Å². The SMILES string of the molecule is Cc1cc(-c2nc(C(C)C)nc3c2ccc2cc(C(C)C)cc(C(C)C)c23)cc(C(C)(C)C)c1. The van der Waals surface area contributed by atoms with Gasteiger partial charge < -0.3 is 0 Å². The molecule has 2 nitrogen and oxygen atoms in total. The second-order valence-electron chi connectivity index (χ2n) is 11.9. The first-order valence-corrected chi connectivity index (χ1v) is 12.8. The molecule has 4 aromatic rings. The Balaban J connectivity index is 2.15. The molecule has 4 rings (SSSR count). The van der Waals surface area contributed by atoms with Crippen LogP contribution in [0.1, 0.15) is 108 Å². The van der Waals surface area contributed by atoms with Crippen molar-refractivity contribution in [3.63, 3.8) is 0 Å². The molecule has 0 radical (unpaired) electrons. The molecule has 0 aliphatic rings. The van der Waals surface area contributed by atoms with Gasteiger partial charge in [0.1, 0.15) is 5.82 Å². The summed E-state index contributed by atoms with van der Waals surface area (Å²) in [6.07, 6.45) is 0. The molecule has 0 aliphatic carbocycles. The van der Waals surface area contributed by atoms with Crippen LogP contribution in [-0.2, 0) is 5.41 Å². The maximum atomic E-state index is 5.19. The molecule has 34 heavy (non-hydrogen) atoms. The maximum absolute atomic E-state index is 5.19. The van der Waals surface area contributed by atoms with E-state index in [-0.39, 0.29) is 11.3 Å². The van der Waals surface area contributed by atoms with Crippen molar-refractivity contribution in [3.05, 3.63) is 70.5 Å². The Bertz CT molecular complexity index is 1370. The van der Waals surface area contributed by atoms with Gasteiger partial charge in [-0.15, -0.1) is 0 Å². The van der Waals surface area contributed by atoms with E-state index in [1.807, 2.05) is 0 Å². The standard InChI is InChI=1S/C32H40N2/c1-18(2)23-15-22-11-12-26-29(24-13-21(7)14-25(16-24)32(8,9)10)33-31(20(5)6)34-30(26)28(22)27(17-23)19(3)4/h11-20H,1-10H3. The lowest BCUT2D eigenvalue weighted by Crippen LogP contribution is -2.11. The molecule has 0 spiro atoms. The van der Waals surface area contributed by atoms with E-state index in [0.717, 1.165) is 22.4 Å². The molecule has 0 saturated heterocycles. The van der Waals surface area contributed by atoms with Crippen LogP contribution in [-0.4, -0.2) is 9.97 Å². The van der Waals surface area contributed by atoms with Crippen molar-refractivity contribution in [1.82, 2.24) is 9.97 Å². The van der Waals surface area contributed by atoms with Crippen LogP contribution < -0.4 is 0 Å². The maximum Gasteiger partial charge on any atom is 0.132 e. The molecule has 0 N–H and O–H groups in total. The zero-order valence-electron chi connectivity index (χ0n) is 22.7. The Hall–Kier alpha value is -2.74. The highest BCUT2D eigenvalue weighted by atomic mass is 14.9. The van der Waals surface area contributed by atoms with Gasteiger partial charge in [0.25, 0.3) is 0 Å². The fraction of sp³-hybridized carbons (Fsp3) is 0.438. The molecular weight excluding hydrogens is 412 g/mol. The Morgan fingerprint density at radius 2 is 1.44 bits per heavy atom. The number of rotatable bonds is 4. The molecule has 0 bridgehead atoms. The fourth-order valence-electron chi connectivity index (χ4n) is 4.74. The first-order valence-electron chi connectivity index (χ1n) is 12.8. The third kappa shape index (κ3) is 4.48. The molecule has 1 aromatic heterocycles. The fourth-order valence-corrected chi connectivity index (χ4v) is 4.74. The first kappa shape index (κ1) is 24.4. The molecule has 0 saturated carbocycles. The minimum atomic E-state index is 0.0786. The third-order valence-electron chi connectivity index (χ3n) is 6.87. The topological polar surface area (TPSA) is 25.8 Å². The predicted molar refractivity (Wildman–Crippen MR) is 148 cm³/mol. The van der Waals surface area contributed by atoms with Crippen LogP contribution in [0.25, 0.3) is 32.9 Å². The van der Waals surface area contributed by atoms with Crippen molar-refractivity contribution in [3.8, 4) is 11.3 Å². The lowest BCUT2D eigenvalue weighted by Gasteiger charge is -2.22. The van der Waals surface area contributed by atoms with Gasteiger partial charge in [-0.3, -0.25) is 0 Å². The van der Waals surface area contributed by atoms with Crippen LogP contribution >= 0.6 is 0 Å². The van der Waals surface area contributed by atoms with Crippen molar-refractivity contribution in [2.75, 3.05) is 0 Å². The highest BCUT2D eigenvalue weighted by molar-refractivity contribution is 6.11. The van der Waals surface area contributed by atoms with Crippen molar-refractivity contribution < 1.29 is 0 Å². The summed E-state index contributed by atoms with van der Waals surface area (Å²) in [5.41, 5.74) is 8.78. The summed E-state index contributed by atoms with van der Waals surface area (Å²) in [5.74, 6) is 2.08. The highest BCUT2D eigenvalue weighted by Gasteiger charge is 2.20. The summed E-state index contributed by atoms with van der Waals surface area (Å²) >= 11 is 0. The van der Waals surface area contributed by atoms with Gasteiger partial charge in [-0.25, -0.2) is 9.97 Å². The van der Waals surface area contributed by atoms with E-state index in [1.165, 1.54) is 38.6 Å². The van der Waals surface area contributed by atoms with Gasteiger partial charge >= 0.3 is 0 Å². The molecule has 2 heteroatoms. The molecule has 0 amide bonds. The Morgan fingerprint density at radius 1 is 0.735 bits per heavy atom. The molecule has 0 aliphatic heterocycles. The van der Waals surface area contributed by atoms with Crippen molar-refractivity contribution in [2.45, 2.75) is 92.4 Å². The van der Waals surface area contributed by atoms with E-state index in [9.17, 15) is 0 Å². The van der Waals surface area contributed by atoms with E-state index in [2.05, 4.69) is 112 Å². The number of hydrogen-bond acceptors (Lipinski definition) is 2. The van der Waals surface area contributed by atoms with Crippen molar-refractivity contribution in [2.24, 2.45) is 0 Å². The molecular formula is C32H40N2. The smallest absolute Gasteiger partial charge is 0.132 e. The lowest BCUT2D eigenvalue weighted by molar-refractivity contribution is 0.590. The predicted octanol–water partition coefficient (Wildman–Crippen LogP) is 9.43. The minimum Gasteiger partial charge on any atom is -0.232 e. The lowest BCUT2D eigenvalue weighted by atomic mass is 9.84. The quantitative estimate of drug-likeness (QED) is 0.288.